The summed E-state index contributed by atoms with van der Waals surface area (Å²) in [5.74, 6) is 0.231. The molecule has 1 amide bonds. The van der Waals surface area contributed by atoms with Crippen LogP contribution in [0.15, 0.2) is 54.6 Å². The molecule has 6 heteroatoms. The fraction of sp³-hybridized carbons (Fsp3) is 0.263. The van der Waals surface area contributed by atoms with Gasteiger partial charge in [0.15, 0.2) is 6.61 Å². The number of esters is 1. The Balaban J connectivity index is 1.93. The van der Waals surface area contributed by atoms with Gasteiger partial charge in [-0.05, 0) is 17.7 Å². The quantitative estimate of drug-likeness (QED) is 0.742. The Kier molecular flexibility index (Phi) is 6.83. The normalized spacial score (nSPS) is 11.3. The van der Waals surface area contributed by atoms with E-state index in [2.05, 4.69) is 5.32 Å². The molecule has 0 aromatic heterocycles. The minimum absolute atomic E-state index is 0.213. The molecule has 0 spiro atoms. The number of nitrogens with one attached hydrogen (secondary N) is 1. The molecule has 0 aliphatic rings. The number of hydrogen-bond donors (Lipinski definition) is 1. The zero-order valence-electron chi connectivity index (χ0n) is 14.2. The molecule has 0 saturated heterocycles. The van der Waals surface area contributed by atoms with Crippen LogP contribution in [0.4, 0.5) is 0 Å². The maximum absolute atomic E-state index is 12.1. The van der Waals surface area contributed by atoms with E-state index < -0.39 is 17.9 Å². The topological polar surface area (TPSA) is 73.9 Å². The third kappa shape index (κ3) is 5.84. The second-order valence-corrected chi connectivity index (χ2v) is 5.30. The summed E-state index contributed by atoms with van der Waals surface area (Å²) in [4.78, 5) is 24.0. The summed E-state index contributed by atoms with van der Waals surface area (Å²) < 4.78 is 15.3. The molecule has 132 valence electrons. The van der Waals surface area contributed by atoms with Crippen LogP contribution in [0.5, 0.6) is 11.5 Å². The second-order valence-electron chi connectivity index (χ2n) is 5.30. The average molecular weight is 343 g/mol. The molecule has 1 N–H and O–H groups in total. The van der Waals surface area contributed by atoms with Crippen molar-refractivity contribution in [3.8, 4) is 11.5 Å². The van der Waals surface area contributed by atoms with Gasteiger partial charge in [0.1, 0.15) is 17.5 Å². The number of ether oxygens (including phenoxy) is 3. The summed E-state index contributed by atoms with van der Waals surface area (Å²) >= 11 is 0. The van der Waals surface area contributed by atoms with E-state index in [0.29, 0.717) is 17.9 Å². The van der Waals surface area contributed by atoms with Gasteiger partial charge < -0.3 is 19.5 Å². The molecule has 2 aromatic rings. The van der Waals surface area contributed by atoms with Crippen LogP contribution in [0.2, 0.25) is 0 Å². The molecule has 1 atom stereocenters. The summed E-state index contributed by atoms with van der Waals surface area (Å²) in [6.45, 7) is -0.213. The van der Waals surface area contributed by atoms with Crippen molar-refractivity contribution in [3.05, 3.63) is 60.2 Å². The van der Waals surface area contributed by atoms with Crippen molar-refractivity contribution in [2.24, 2.45) is 0 Å². The van der Waals surface area contributed by atoms with Crippen molar-refractivity contribution >= 4 is 11.9 Å². The summed E-state index contributed by atoms with van der Waals surface area (Å²) in [5.41, 5.74) is 0.923. The minimum Gasteiger partial charge on any atom is -0.497 e. The molecule has 0 saturated carbocycles. The highest BCUT2D eigenvalue weighted by Gasteiger charge is 2.22. The van der Waals surface area contributed by atoms with Gasteiger partial charge in [-0.15, -0.1) is 0 Å². The number of carbonyl (C=O) groups excluding carboxylic acids is 2. The van der Waals surface area contributed by atoms with Crippen LogP contribution in [0.1, 0.15) is 5.56 Å². The van der Waals surface area contributed by atoms with Crippen molar-refractivity contribution in [3.63, 3.8) is 0 Å². The van der Waals surface area contributed by atoms with Crippen LogP contribution in [0, 0.1) is 0 Å². The fourth-order valence-corrected chi connectivity index (χ4v) is 2.26. The molecule has 0 heterocycles. The van der Waals surface area contributed by atoms with E-state index in [1.807, 2.05) is 30.3 Å². The molecular weight excluding hydrogens is 322 g/mol. The number of hydrogen-bond acceptors (Lipinski definition) is 5. The smallest absolute Gasteiger partial charge is 0.328 e. The zero-order chi connectivity index (χ0) is 18.1. The second kappa shape index (κ2) is 9.32. The SMILES string of the molecule is COC(=O)C(Cc1ccccc1)NC(=O)COc1cccc(OC)c1. The van der Waals surface area contributed by atoms with Gasteiger partial charge in [-0.1, -0.05) is 36.4 Å². The Morgan fingerprint density at radius 3 is 2.40 bits per heavy atom. The fourth-order valence-electron chi connectivity index (χ4n) is 2.26. The van der Waals surface area contributed by atoms with Crippen molar-refractivity contribution < 1.29 is 23.8 Å². The molecule has 0 bridgehead atoms. The number of rotatable bonds is 8. The number of benzene rings is 2. The lowest BCUT2D eigenvalue weighted by molar-refractivity contribution is -0.145. The molecule has 25 heavy (non-hydrogen) atoms. The van der Waals surface area contributed by atoms with Gasteiger partial charge in [0.05, 0.1) is 14.2 Å². The lowest BCUT2D eigenvalue weighted by atomic mass is 10.1. The first-order valence-corrected chi connectivity index (χ1v) is 7.80. The van der Waals surface area contributed by atoms with Crippen LogP contribution in [-0.2, 0) is 20.7 Å². The van der Waals surface area contributed by atoms with E-state index in [-0.39, 0.29) is 6.61 Å². The third-order valence-electron chi connectivity index (χ3n) is 3.51. The Morgan fingerprint density at radius 1 is 1.00 bits per heavy atom. The van der Waals surface area contributed by atoms with Gasteiger partial charge in [0.2, 0.25) is 0 Å². The Labute approximate surface area is 146 Å². The first-order chi connectivity index (χ1) is 12.1. The Morgan fingerprint density at radius 2 is 1.72 bits per heavy atom. The Bertz CT molecular complexity index is 702. The molecule has 0 radical (unpaired) electrons. The van der Waals surface area contributed by atoms with Gasteiger partial charge in [-0.25, -0.2) is 4.79 Å². The van der Waals surface area contributed by atoms with Crippen LogP contribution in [-0.4, -0.2) is 38.7 Å². The molecule has 1 unspecified atom stereocenters. The minimum atomic E-state index is -0.770. The number of methoxy groups -OCH3 is 2. The summed E-state index contributed by atoms with van der Waals surface area (Å²) in [7, 11) is 2.84. The van der Waals surface area contributed by atoms with E-state index >= 15 is 0 Å². The predicted octanol–water partition coefficient (Wildman–Crippen LogP) is 1.97. The van der Waals surface area contributed by atoms with Crippen LogP contribution in [0.3, 0.4) is 0 Å². The first kappa shape index (κ1) is 18.3. The molecule has 6 nitrogen and oxygen atoms in total. The molecule has 0 aliphatic heterocycles. The first-order valence-electron chi connectivity index (χ1n) is 7.80. The molecule has 0 aliphatic carbocycles. The summed E-state index contributed by atoms with van der Waals surface area (Å²) in [5, 5.41) is 2.65. The third-order valence-corrected chi connectivity index (χ3v) is 3.51. The monoisotopic (exact) mass is 343 g/mol. The van der Waals surface area contributed by atoms with E-state index in [1.165, 1.54) is 7.11 Å². The maximum Gasteiger partial charge on any atom is 0.328 e. The standard InChI is InChI=1S/C19H21NO5/c1-23-15-9-6-10-16(12-15)25-13-18(21)20-17(19(22)24-2)11-14-7-4-3-5-8-14/h3-10,12,17H,11,13H2,1-2H3,(H,20,21). The number of carbonyl (C=O) groups is 2. The zero-order valence-corrected chi connectivity index (χ0v) is 14.2. The lowest BCUT2D eigenvalue weighted by Crippen LogP contribution is -2.44. The molecule has 2 rings (SSSR count). The summed E-state index contributed by atoms with van der Waals surface area (Å²) in [6.07, 6.45) is 0.346. The van der Waals surface area contributed by atoms with Crippen molar-refractivity contribution in [1.29, 1.82) is 0 Å². The maximum atomic E-state index is 12.1. The lowest BCUT2D eigenvalue weighted by Gasteiger charge is -2.17. The van der Waals surface area contributed by atoms with Crippen molar-refractivity contribution in [1.82, 2.24) is 5.32 Å². The van der Waals surface area contributed by atoms with E-state index in [1.54, 1.807) is 31.4 Å². The van der Waals surface area contributed by atoms with Gasteiger partial charge in [-0.2, -0.15) is 0 Å². The molecular formula is C19H21NO5. The predicted molar refractivity (Wildman–Crippen MR) is 92.6 cm³/mol. The molecule has 0 fully saturated rings. The van der Waals surface area contributed by atoms with Crippen LogP contribution >= 0.6 is 0 Å². The van der Waals surface area contributed by atoms with Gasteiger partial charge in [0.25, 0.3) is 5.91 Å². The highest BCUT2D eigenvalue weighted by molar-refractivity contribution is 5.85. The van der Waals surface area contributed by atoms with Crippen LogP contribution in [0.25, 0.3) is 0 Å². The van der Waals surface area contributed by atoms with E-state index in [0.717, 1.165) is 5.56 Å². The highest BCUT2D eigenvalue weighted by atomic mass is 16.5. The van der Waals surface area contributed by atoms with Crippen LogP contribution < -0.4 is 14.8 Å². The van der Waals surface area contributed by atoms with E-state index in [4.69, 9.17) is 14.2 Å². The van der Waals surface area contributed by atoms with Crippen molar-refractivity contribution in [2.45, 2.75) is 12.5 Å². The Hall–Kier alpha value is -3.02. The highest BCUT2D eigenvalue weighted by Crippen LogP contribution is 2.18. The average Bonchev–Trinajstić information content (AvgIpc) is 2.66. The van der Waals surface area contributed by atoms with E-state index in [9.17, 15) is 9.59 Å². The van der Waals surface area contributed by atoms with Gasteiger partial charge >= 0.3 is 5.97 Å². The number of amides is 1. The van der Waals surface area contributed by atoms with Gasteiger partial charge in [0, 0.05) is 12.5 Å². The summed E-state index contributed by atoms with van der Waals surface area (Å²) in [6, 6.07) is 15.6. The largest absolute Gasteiger partial charge is 0.497 e. The van der Waals surface area contributed by atoms with Crippen molar-refractivity contribution in [2.75, 3.05) is 20.8 Å². The molecule has 2 aromatic carbocycles. The van der Waals surface area contributed by atoms with Gasteiger partial charge in [-0.3, -0.25) is 4.79 Å².